The first kappa shape index (κ1) is 12.2. The molecule has 1 aromatic carbocycles. The summed E-state index contributed by atoms with van der Waals surface area (Å²) in [5, 5.41) is 4.22. The third-order valence-corrected chi connectivity index (χ3v) is 3.57. The first-order valence-corrected chi connectivity index (χ1v) is 6.33. The average Bonchev–Trinajstić information content (AvgIpc) is 2.35. The van der Waals surface area contributed by atoms with Crippen molar-refractivity contribution < 1.29 is 0 Å². The molecule has 1 N–H and O–H groups in total. The van der Waals surface area contributed by atoms with Crippen molar-refractivity contribution in [3.05, 3.63) is 41.0 Å². The monoisotopic (exact) mass is 265 g/mol. The van der Waals surface area contributed by atoms with Crippen molar-refractivity contribution in [3.63, 3.8) is 0 Å². The molecule has 2 aromatic rings. The topological polar surface area (TPSA) is 37.8 Å². The molecule has 0 spiro atoms. The van der Waals surface area contributed by atoms with Gasteiger partial charge in [-0.1, -0.05) is 41.1 Å². The van der Waals surface area contributed by atoms with Gasteiger partial charge in [-0.3, -0.25) is 0 Å². The molecule has 0 atom stereocenters. The molecule has 0 bridgehead atoms. The molecule has 5 heteroatoms. The number of anilines is 1. The Bertz CT molecular complexity index is 514. The van der Waals surface area contributed by atoms with Gasteiger partial charge in [-0.05, 0) is 19.1 Å². The van der Waals surface area contributed by atoms with Crippen molar-refractivity contribution in [3.8, 4) is 0 Å². The number of hydrogen-bond donors (Lipinski definition) is 1. The molecule has 17 heavy (non-hydrogen) atoms. The Morgan fingerprint density at radius 3 is 2.59 bits per heavy atom. The van der Waals surface area contributed by atoms with E-state index in [-0.39, 0.29) is 0 Å². The van der Waals surface area contributed by atoms with Gasteiger partial charge in [0.15, 0.2) is 0 Å². The van der Waals surface area contributed by atoms with Gasteiger partial charge in [0.25, 0.3) is 0 Å². The van der Waals surface area contributed by atoms with Gasteiger partial charge >= 0.3 is 0 Å². The van der Waals surface area contributed by atoms with Crippen molar-refractivity contribution in [1.82, 2.24) is 9.97 Å². The van der Waals surface area contributed by atoms with E-state index >= 15 is 0 Å². The second kappa shape index (κ2) is 5.38. The van der Waals surface area contributed by atoms with Crippen molar-refractivity contribution in [2.45, 2.75) is 16.8 Å². The number of nitrogens with one attached hydrogen (secondary N) is 1. The average molecular weight is 266 g/mol. The molecule has 0 aliphatic heterocycles. The van der Waals surface area contributed by atoms with Crippen LogP contribution in [-0.4, -0.2) is 17.0 Å². The highest BCUT2D eigenvalue weighted by Gasteiger charge is 2.06. The minimum Gasteiger partial charge on any atom is -0.357 e. The van der Waals surface area contributed by atoms with E-state index in [4.69, 9.17) is 11.6 Å². The zero-order valence-electron chi connectivity index (χ0n) is 9.57. The molecular weight excluding hydrogens is 254 g/mol. The van der Waals surface area contributed by atoms with Gasteiger partial charge in [-0.2, -0.15) is 0 Å². The van der Waals surface area contributed by atoms with Crippen LogP contribution in [0.1, 0.15) is 5.56 Å². The van der Waals surface area contributed by atoms with Gasteiger partial charge in [0, 0.05) is 11.9 Å². The Morgan fingerprint density at radius 1 is 1.24 bits per heavy atom. The Kier molecular flexibility index (Phi) is 3.86. The largest absolute Gasteiger partial charge is 0.357 e. The zero-order chi connectivity index (χ0) is 12.3. The van der Waals surface area contributed by atoms with Gasteiger partial charge in [-0.25, -0.2) is 9.97 Å². The molecular formula is C12H12ClN3S. The highest BCUT2D eigenvalue weighted by Crippen LogP contribution is 2.31. The Hall–Kier alpha value is -1.26. The number of benzene rings is 1. The summed E-state index contributed by atoms with van der Waals surface area (Å²) < 4.78 is 0. The fourth-order valence-electron chi connectivity index (χ4n) is 1.26. The van der Waals surface area contributed by atoms with Crippen LogP contribution in [0, 0.1) is 6.92 Å². The molecule has 2 rings (SSSR count). The molecule has 1 heterocycles. The lowest BCUT2D eigenvalue weighted by Gasteiger charge is -2.05. The fourth-order valence-corrected chi connectivity index (χ4v) is 2.25. The second-order valence-electron chi connectivity index (χ2n) is 3.51. The van der Waals surface area contributed by atoms with Crippen molar-refractivity contribution in [2.24, 2.45) is 0 Å². The zero-order valence-corrected chi connectivity index (χ0v) is 11.1. The molecule has 3 nitrogen and oxygen atoms in total. The molecule has 0 aliphatic rings. The van der Waals surface area contributed by atoms with E-state index in [1.54, 1.807) is 13.2 Å². The van der Waals surface area contributed by atoms with Crippen molar-refractivity contribution in [2.75, 3.05) is 12.4 Å². The lowest BCUT2D eigenvalue weighted by Crippen LogP contribution is -1.96. The molecule has 0 amide bonds. The molecule has 0 aliphatic carbocycles. The van der Waals surface area contributed by atoms with Crippen molar-refractivity contribution in [1.29, 1.82) is 0 Å². The van der Waals surface area contributed by atoms with Crippen LogP contribution >= 0.6 is 23.4 Å². The summed E-state index contributed by atoms with van der Waals surface area (Å²) in [5.41, 5.74) is 1.24. The van der Waals surface area contributed by atoms with Gasteiger partial charge in [0.1, 0.15) is 5.03 Å². The maximum absolute atomic E-state index is 6.06. The molecule has 0 radical (unpaired) electrons. The van der Waals surface area contributed by atoms with Crippen LogP contribution in [0.4, 0.5) is 5.95 Å². The van der Waals surface area contributed by atoms with E-state index in [2.05, 4.69) is 46.5 Å². The number of aromatic nitrogens is 2. The van der Waals surface area contributed by atoms with Gasteiger partial charge in [0.05, 0.1) is 11.2 Å². The summed E-state index contributed by atoms with van der Waals surface area (Å²) in [5.74, 6) is 0.573. The Balaban J connectivity index is 2.25. The van der Waals surface area contributed by atoms with Crippen LogP contribution < -0.4 is 5.32 Å². The maximum Gasteiger partial charge on any atom is 0.223 e. The summed E-state index contributed by atoms with van der Waals surface area (Å²) >= 11 is 7.59. The summed E-state index contributed by atoms with van der Waals surface area (Å²) in [7, 11) is 1.78. The van der Waals surface area contributed by atoms with Gasteiger partial charge in [0.2, 0.25) is 5.95 Å². The van der Waals surface area contributed by atoms with Gasteiger partial charge in [-0.15, -0.1) is 0 Å². The van der Waals surface area contributed by atoms with Crippen LogP contribution in [-0.2, 0) is 0 Å². The molecule has 0 unspecified atom stereocenters. The maximum atomic E-state index is 6.06. The molecule has 0 fully saturated rings. The van der Waals surface area contributed by atoms with E-state index < -0.39 is 0 Å². The molecule has 88 valence electrons. The minimum absolute atomic E-state index is 0.564. The van der Waals surface area contributed by atoms with E-state index in [1.165, 1.54) is 17.3 Å². The third kappa shape index (κ3) is 3.11. The summed E-state index contributed by atoms with van der Waals surface area (Å²) in [4.78, 5) is 9.47. The molecule has 0 saturated heterocycles. The predicted octanol–water partition coefficient (Wildman–Crippen LogP) is 3.63. The lowest BCUT2D eigenvalue weighted by molar-refractivity contribution is 1.05. The van der Waals surface area contributed by atoms with Gasteiger partial charge < -0.3 is 5.32 Å². The molecule has 0 saturated carbocycles. The standard InChI is InChI=1S/C12H12ClN3S/c1-8-3-5-9(6-4-8)17-11-10(13)7-15-12(14-2)16-11/h3-7H,1-2H3,(H,14,15,16). The predicted molar refractivity (Wildman–Crippen MR) is 71.9 cm³/mol. The van der Waals surface area contributed by atoms with Crippen LogP contribution in [0.25, 0.3) is 0 Å². The smallest absolute Gasteiger partial charge is 0.223 e. The second-order valence-corrected chi connectivity index (χ2v) is 4.98. The number of halogens is 1. The first-order chi connectivity index (χ1) is 8.19. The quantitative estimate of drug-likeness (QED) is 0.860. The normalized spacial score (nSPS) is 10.3. The summed E-state index contributed by atoms with van der Waals surface area (Å²) in [6.45, 7) is 2.06. The fraction of sp³-hybridized carbons (Fsp3) is 0.167. The number of hydrogen-bond acceptors (Lipinski definition) is 4. The molecule has 1 aromatic heterocycles. The highest BCUT2D eigenvalue weighted by molar-refractivity contribution is 7.99. The highest BCUT2D eigenvalue weighted by atomic mass is 35.5. The van der Waals surface area contributed by atoms with Crippen LogP contribution in [0.3, 0.4) is 0 Å². The summed E-state index contributed by atoms with van der Waals surface area (Å²) in [6, 6.07) is 8.24. The van der Waals surface area contributed by atoms with Crippen LogP contribution in [0.15, 0.2) is 40.4 Å². The summed E-state index contributed by atoms with van der Waals surface area (Å²) in [6.07, 6.45) is 1.61. The Morgan fingerprint density at radius 2 is 1.94 bits per heavy atom. The Labute approximate surface area is 110 Å². The first-order valence-electron chi connectivity index (χ1n) is 5.14. The number of aryl methyl sites for hydroxylation is 1. The number of rotatable bonds is 3. The third-order valence-electron chi connectivity index (χ3n) is 2.17. The lowest BCUT2D eigenvalue weighted by atomic mass is 10.2. The van der Waals surface area contributed by atoms with Crippen LogP contribution in [0.5, 0.6) is 0 Å². The van der Waals surface area contributed by atoms with Crippen molar-refractivity contribution >= 4 is 29.3 Å². The van der Waals surface area contributed by atoms with E-state index in [0.717, 1.165) is 9.92 Å². The van der Waals surface area contributed by atoms with E-state index in [9.17, 15) is 0 Å². The SMILES string of the molecule is CNc1ncc(Cl)c(Sc2ccc(C)cc2)n1. The number of nitrogens with zero attached hydrogens (tertiary/aromatic N) is 2. The van der Waals surface area contributed by atoms with E-state index in [1.807, 2.05) is 0 Å². The van der Waals surface area contributed by atoms with E-state index in [0.29, 0.717) is 11.0 Å². The minimum atomic E-state index is 0.564. The van der Waals surface area contributed by atoms with Crippen LogP contribution in [0.2, 0.25) is 5.02 Å².